The number of hydrogen-bond donors (Lipinski definition) is 1. The molecule has 0 radical (unpaired) electrons. The molecule has 1 unspecified atom stereocenters. The molecule has 0 spiro atoms. The molecule has 2 rings (SSSR count). The van der Waals surface area contributed by atoms with Crippen molar-refractivity contribution in [3.63, 3.8) is 0 Å². The van der Waals surface area contributed by atoms with Gasteiger partial charge in [-0.1, -0.05) is 47.5 Å². The molecule has 0 aromatic heterocycles. The molecule has 0 saturated carbocycles. The number of aryl methyl sites for hydroxylation is 2. The van der Waals surface area contributed by atoms with Crippen LogP contribution in [0.2, 0.25) is 0 Å². The van der Waals surface area contributed by atoms with Crippen molar-refractivity contribution in [3.05, 3.63) is 74.8 Å². The minimum absolute atomic E-state index is 0.0545. The predicted molar refractivity (Wildman–Crippen MR) is 94.8 cm³/mol. The van der Waals surface area contributed by atoms with Gasteiger partial charge in [0.25, 0.3) is 0 Å². The maximum atomic E-state index is 13.5. The van der Waals surface area contributed by atoms with Gasteiger partial charge in [-0.15, -0.1) is 0 Å². The second kappa shape index (κ2) is 7.44. The first-order chi connectivity index (χ1) is 11.6. The minimum Gasteiger partial charge on any atom is -0.478 e. The number of rotatable bonds is 4. The number of hydrogen-bond acceptors (Lipinski definition) is 1. The standard InChI is InChI=1S/C19H16BrF3O2/c1-11-7-12(2)9-14(8-11)16(19(21,22)23)6-4-13-3-5-15(18(24)25)17(20)10-13/h3-10,16H,1-2H3,(H,24,25)/b6-4+. The highest BCUT2D eigenvalue weighted by atomic mass is 79.9. The van der Waals surface area contributed by atoms with Crippen molar-refractivity contribution < 1.29 is 23.1 Å². The quantitative estimate of drug-likeness (QED) is 0.656. The summed E-state index contributed by atoms with van der Waals surface area (Å²) in [5.74, 6) is -2.84. The summed E-state index contributed by atoms with van der Waals surface area (Å²) >= 11 is 3.12. The lowest BCUT2D eigenvalue weighted by atomic mass is 9.94. The predicted octanol–water partition coefficient (Wildman–Crippen LogP) is 6.12. The molecule has 0 aliphatic rings. The monoisotopic (exact) mass is 412 g/mol. The molecule has 2 aromatic carbocycles. The normalized spacial score (nSPS) is 13.2. The minimum atomic E-state index is -4.42. The Balaban J connectivity index is 2.39. The molecule has 0 heterocycles. The first-order valence-electron chi connectivity index (χ1n) is 7.44. The highest BCUT2D eigenvalue weighted by Gasteiger charge is 2.39. The van der Waals surface area contributed by atoms with E-state index in [-0.39, 0.29) is 11.1 Å². The molecule has 0 saturated heterocycles. The summed E-state index contributed by atoms with van der Waals surface area (Å²) in [7, 11) is 0. The Bertz CT molecular complexity index is 806. The third-order valence-electron chi connectivity index (χ3n) is 3.66. The number of carboxylic acid groups (broad SMARTS) is 1. The summed E-state index contributed by atoms with van der Waals surface area (Å²) in [5.41, 5.74) is 2.26. The molecule has 25 heavy (non-hydrogen) atoms. The smallest absolute Gasteiger partial charge is 0.399 e. The van der Waals surface area contributed by atoms with Gasteiger partial charge in [0.15, 0.2) is 0 Å². The van der Waals surface area contributed by atoms with Gasteiger partial charge in [-0.3, -0.25) is 0 Å². The van der Waals surface area contributed by atoms with Crippen LogP contribution in [0, 0.1) is 13.8 Å². The number of allylic oxidation sites excluding steroid dienone is 1. The summed E-state index contributed by atoms with van der Waals surface area (Å²) < 4.78 is 40.8. The van der Waals surface area contributed by atoms with Crippen LogP contribution in [0.4, 0.5) is 13.2 Å². The lowest BCUT2D eigenvalue weighted by molar-refractivity contribution is -0.139. The van der Waals surface area contributed by atoms with Crippen molar-refractivity contribution >= 4 is 28.0 Å². The summed E-state index contributed by atoms with van der Waals surface area (Å²) in [6.45, 7) is 3.52. The van der Waals surface area contributed by atoms with E-state index >= 15 is 0 Å². The molecule has 1 atom stereocenters. The van der Waals surface area contributed by atoms with Gasteiger partial charge < -0.3 is 5.11 Å². The topological polar surface area (TPSA) is 37.3 Å². The van der Waals surface area contributed by atoms with Crippen LogP contribution in [0.5, 0.6) is 0 Å². The van der Waals surface area contributed by atoms with Gasteiger partial charge in [-0.05, 0) is 53.0 Å². The molecule has 0 amide bonds. The van der Waals surface area contributed by atoms with E-state index in [0.29, 0.717) is 10.0 Å². The van der Waals surface area contributed by atoms with Gasteiger partial charge in [0.05, 0.1) is 11.5 Å². The molecule has 132 valence electrons. The van der Waals surface area contributed by atoms with E-state index in [9.17, 15) is 18.0 Å². The molecule has 0 aliphatic carbocycles. The first kappa shape index (κ1) is 19.2. The molecular weight excluding hydrogens is 397 g/mol. The van der Waals surface area contributed by atoms with Crippen molar-refractivity contribution in [2.24, 2.45) is 0 Å². The van der Waals surface area contributed by atoms with Gasteiger partial charge in [0.2, 0.25) is 0 Å². The van der Waals surface area contributed by atoms with Gasteiger partial charge >= 0.3 is 12.1 Å². The van der Waals surface area contributed by atoms with Crippen LogP contribution in [0.15, 0.2) is 46.9 Å². The van der Waals surface area contributed by atoms with E-state index in [1.807, 2.05) is 6.07 Å². The fourth-order valence-corrected chi connectivity index (χ4v) is 3.18. The molecule has 6 heteroatoms. The Labute approximate surface area is 152 Å². The Morgan fingerprint density at radius 3 is 2.20 bits per heavy atom. The number of halogens is 4. The fraction of sp³-hybridized carbons (Fsp3) is 0.211. The maximum Gasteiger partial charge on any atom is 0.399 e. The first-order valence-corrected chi connectivity index (χ1v) is 8.23. The summed E-state index contributed by atoms with van der Waals surface area (Å²) in [6, 6.07) is 9.18. The van der Waals surface area contributed by atoms with Crippen LogP contribution < -0.4 is 0 Å². The second-order valence-corrected chi connectivity index (χ2v) is 6.70. The Kier molecular flexibility index (Phi) is 5.72. The molecule has 2 aromatic rings. The third kappa shape index (κ3) is 4.95. The molecule has 0 aliphatic heterocycles. The van der Waals surface area contributed by atoms with Crippen LogP contribution in [0.1, 0.15) is 38.5 Å². The molecular formula is C19H16BrF3O2. The molecule has 0 bridgehead atoms. The highest BCUT2D eigenvalue weighted by Crippen LogP contribution is 2.37. The fourth-order valence-electron chi connectivity index (χ4n) is 2.61. The van der Waals surface area contributed by atoms with Crippen LogP contribution in [-0.4, -0.2) is 17.3 Å². The van der Waals surface area contributed by atoms with Crippen molar-refractivity contribution in [2.45, 2.75) is 25.9 Å². The zero-order valence-corrected chi connectivity index (χ0v) is 15.1. The van der Waals surface area contributed by atoms with Gasteiger partial charge in [0.1, 0.15) is 0 Å². The van der Waals surface area contributed by atoms with Gasteiger partial charge in [-0.2, -0.15) is 13.2 Å². The summed E-state index contributed by atoms with van der Waals surface area (Å²) in [4.78, 5) is 11.0. The zero-order valence-electron chi connectivity index (χ0n) is 13.6. The Hall–Kier alpha value is -2.08. The van der Waals surface area contributed by atoms with E-state index in [0.717, 1.165) is 17.2 Å². The largest absolute Gasteiger partial charge is 0.478 e. The van der Waals surface area contributed by atoms with E-state index in [1.165, 1.54) is 36.4 Å². The van der Waals surface area contributed by atoms with Gasteiger partial charge in [-0.25, -0.2) is 4.79 Å². The number of alkyl halides is 3. The average molecular weight is 413 g/mol. The molecule has 2 nitrogen and oxygen atoms in total. The summed E-state index contributed by atoms with van der Waals surface area (Å²) in [5, 5.41) is 8.99. The highest BCUT2D eigenvalue weighted by molar-refractivity contribution is 9.10. The molecule has 1 N–H and O–H groups in total. The molecule has 0 fully saturated rings. The van der Waals surface area contributed by atoms with Crippen LogP contribution in [0.25, 0.3) is 6.08 Å². The Morgan fingerprint density at radius 1 is 1.12 bits per heavy atom. The van der Waals surface area contributed by atoms with E-state index in [4.69, 9.17) is 5.11 Å². The van der Waals surface area contributed by atoms with E-state index < -0.39 is 18.1 Å². The number of carbonyl (C=O) groups is 1. The van der Waals surface area contributed by atoms with E-state index in [2.05, 4.69) is 15.9 Å². The summed E-state index contributed by atoms with van der Waals surface area (Å²) in [6.07, 6.45) is -1.97. The van der Waals surface area contributed by atoms with Crippen molar-refractivity contribution in [3.8, 4) is 0 Å². The van der Waals surface area contributed by atoms with Crippen molar-refractivity contribution in [1.82, 2.24) is 0 Å². The van der Waals surface area contributed by atoms with Crippen molar-refractivity contribution in [1.29, 1.82) is 0 Å². The van der Waals surface area contributed by atoms with Crippen LogP contribution in [-0.2, 0) is 0 Å². The van der Waals surface area contributed by atoms with Crippen LogP contribution in [0.3, 0.4) is 0 Å². The van der Waals surface area contributed by atoms with Gasteiger partial charge in [0, 0.05) is 4.47 Å². The number of carboxylic acids is 1. The third-order valence-corrected chi connectivity index (χ3v) is 4.32. The van der Waals surface area contributed by atoms with E-state index in [1.54, 1.807) is 13.8 Å². The SMILES string of the molecule is Cc1cc(C)cc(C(/C=C/c2ccc(C(=O)O)c(Br)c2)C(F)(F)F)c1. The van der Waals surface area contributed by atoms with Crippen LogP contribution >= 0.6 is 15.9 Å². The second-order valence-electron chi connectivity index (χ2n) is 5.84. The Morgan fingerprint density at radius 2 is 1.72 bits per heavy atom. The zero-order chi connectivity index (χ0) is 18.8. The lowest BCUT2D eigenvalue weighted by Gasteiger charge is -2.18. The number of benzene rings is 2. The maximum absolute atomic E-state index is 13.5. The lowest BCUT2D eigenvalue weighted by Crippen LogP contribution is -2.19. The average Bonchev–Trinajstić information content (AvgIpc) is 2.44. The van der Waals surface area contributed by atoms with Crippen molar-refractivity contribution in [2.75, 3.05) is 0 Å². The number of aromatic carboxylic acids is 1.